The summed E-state index contributed by atoms with van der Waals surface area (Å²) in [5, 5.41) is 3.71. The Morgan fingerprint density at radius 2 is 2.06 bits per heavy atom. The van der Waals surface area contributed by atoms with Gasteiger partial charge in [0, 0.05) is 25.7 Å². The summed E-state index contributed by atoms with van der Waals surface area (Å²) < 4.78 is 5.80. The smallest absolute Gasteiger partial charge is 0.0612 e. The van der Waals surface area contributed by atoms with Gasteiger partial charge in [0.1, 0.15) is 0 Å². The summed E-state index contributed by atoms with van der Waals surface area (Å²) in [6.07, 6.45) is 5.63. The van der Waals surface area contributed by atoms with Gasteiger partial charge in [0.2, 0.25) is 0 Å². The topological polar surface area (TPSA) is 24.5 Å². The van der Waals surface area contributed by atoms with Crippen LogP contribution in [0.2, 0.25) is 0 Å². The van der Waals surface area contributed by atoms with Crippen molar-refractivity contribution in [2.24, 2.45) is 5.92 Å². The van der Waals surface area contributed by atoms with Gasteiger partial charge in [-0.25, -0.2) is 0 Å². The molecule has 2 rings (SSSR count). The van der Waals surface area contributed by atoms with Crippen molar-refractivity contribution in [3.63, 3.8) is 0 Å². The summed E-state index contributed by atoms with van der Waals surface area (Å²) in [4.78, 5) is 2.58. The molecule has 0 aromatic carbocycles. The minimum atomic E-state index is 0.466. The molecular weight excluding hydrogens is 212 g/mol. The van der Waals surface area contributed by atoms with Crippen molar-refractivity contribution in [2.75, 3.05) is 32.8 Å². The van der Waals surface area contributed by atoms with Crippen molar-refractivity contribution in [1.82, 2.24) is 10.2 Å². The number of nitrogens with zero attached hydrogens (tertiary/aromatic N) is 1. The third-order valence-electron chi connectivity index (χ3n) is 4.12. The number of rotatable bonds is 5. The molecule has 0 aliphatic carbocycles. The second kappa shape index (κ2) is 6.72. The van der Waals surface area contributed by atoms with E-state index in [0.29, 0.717) is 18.1 Å². The Labute approximate surface area is 106 Å². The lowest BCUT2D eigenvalue weighted by Gasteiger charge is -2.32. The fourth-order valence-electron chi connectivity index (χ4n) is 2.91. The van der Waals surface area contributed by atoms with E-state index in [9.17, 15) is 0 Å². The molecule has 17 heavy (non-hydrogen) atoms. The van der Waals surface area contributed by atoms with Crippen LogP contribution in [-0.4, -0.2) is 49.8 Å². The van der Waals surface area contributed by atoms with Crippen LogP contribution in [0.25, 0.3) is 0 Å². The number of hydrogen-bond acceptors (Lipinski definition) is 3. The summed E-state index contributed by atoms with van der Waals surface area (Å²) in [6, 6.07) is 0.679. The van der Waals surface area contributed by atoms with Crippen LogP contribution in [-0.2, 0) is 4.74 Å². The summed E-state index contributed by atoms with van der Waals surface area (Å²) in [7, 11) is 0. The molecule has 2 aliphatic heterocycles. The zero-order valence-electron chi connectivity index (χ0n) is 11.5. The number of likely N-dealkylation sites (tertiary alicyclic amines) is 1. The molecule has 2 atom stereocenters. The molecule has 1 N–H and O–H groups in total. The fraction of sp³-hybridized carbons (Fsp3) is 1.00. The molecule has 0 saturated carbocycles. The van der Waals surface area contributed by atoms with E-state index >= 15 is 0 Å². The highest BCUT2D eigenvalue weighted by Crippen LogP contribution is 2.20. The summed E-state index contributed by atoms with van der Waals surface area (Å²) >= 11 is 0. The molecule has 2 heterocycles. The lowest BCUT2D eigenvalue weighted by Crippen LogP contribution is -2.43. The molecule has 0 aromatic heterocycles. The van der Waals surface area contributed by atoms with Crippen LogP contribution in [0.5, 0.6) is 0 Å². The van der Waals surface area contributed by atoms with E-state index in [0.717, 1.165) is 13.2 Å². The van der Waals surface area contributed by atoms with Crippen LogP contribution in [0.3, 0.4) is 0 Å². The molecule has 2 saturated heterocycles. The van der Waals surface area contributed by atoms with Crippen molar-refractivity contribution in [3.8, 4) is 0 Å². The van der Waals surface area contributed by atoms with Gasteiger partial charge in [0.25, 0.3) is 0 Å². The van der Waals surface area contributed by atoms with Crippen LogP contribution in [0.15, 0.2) is 0 Å². The van der Waals surface area contributed by atoms with E-state index in [4.69, 9.17) is 4.74 Å². The molecular formula is C14H28N2O. The molecule has 0 spiro atoms. The normalized spacial score (nSPS) is 31.2. The first kappa shape index (κ1) is 13.3. The fourth-order valence-corrected chi connectivity index (χ4v) is 2.91. The Morgan fingerprint density at radius 3 is 2.76 bits per heavy atom. The molecule has 2 unspecified atom stereocenters. The van der Waals surface area contributed by atoms with Crippen molar-refractivity contribution in [1.29, 1.82) is 0 Å². The van der Waals surface area contributed by atoms with Gasteiger partial charge in [0.05, 0.1) is 6.10 Å². The van der Waals surface area contributed by atoms with Crippen molar-refractivity contribution >= 4 is 0 Å². The van der Waals surface area contributed by atoms with E-state index in [2.05, 4.69) is 24.1 Å². The summed E-state index contributed by atoms with van der Waals surface area (Å²) in [5.41, 5.74) is 0. The number of hydrogen-bond donors (Lipinski definition) is 1. The Bertz CT molecular complexity index is 214. The van der Waals surface area contributed by atoms with Gasteiger partial charge in [-0.2, -0.15) is 0 Å². The van der Waals surface area contributed by atoms with Crippen molar-refractivity contribution in [2.45, 2.75) is 51.7 Å². The van der Waals surface area contributed by atoms with E-state index in [1.54, 1.807) is 0 Å². The molecule has 3 heteroatoms. The Hall–Kier alpha value is -0.120. The van der Waals surface area contributed by atoms with Crippen LogP contribution >= 0.6 is 0 Å². The largest absolute Gasteiger partial charge is 0.378 e. The van der Waals surface area contributed by atoms with Crippen molar-refractivity contribution in [3.05, 3.63) is 0 Å². The number of ether oxygens (including phenoxy) is 1. The SMILES string of the molecule is CC(C)C1CC(NCCN2CCCC2)CCO1. The molecule has 0 radical (unpaired) electrons. The Morgan fingerprint density at radius 1 is 1.29 bits per heavy atom. The van der Waals surface area contributed by atoms with Crippen LogP contribution in [0.1, 0.15) is 39.5 Å². The van der Waals surface area contributed by atoms with E-state index < -0.39 is 0 Å². The molecule has 0 amide bonds. The maximum Gasteiger partial charge on any atom is 0.0612 e. The van der Waals surface area contributed by atoms with Crippen LogP contribution < -0.4 is 5.32 Å². The van der Waals surface area contributed by atoms with E-state index in [1.165, 1.54) is 45.3 Å². The van der Waals surface area contributed by atoms with Crippen LogP contribution in [0, 0.1) is 5.92 Å². The van der Waals surface area contributed by atoms with Gasteiger partial charge in [-0.1, -0.05) is 13.8 Å². The maximum atomic E-state index is 5.80. The van der Waals surface area contributed by atoms with E-state index in [1.807, 2.05) is 0 Å². The van der Waals surface area contributed by atoms with Gasteiger partial charge in [0.15, 0.2) is 0 Å². The van der Waals surface area contributed by atoms with Crippen LogP contribution in [0.4, 0.5) is 0 Å². The van der Waals surface area contributed by atoms with Crippen molar-refractivity contribution < 1.29 is 4.74 Å². The molecule has 2 fully saturated rings. The third-order valence-corrected chi connectivity index (χ3v) is 4.12. The highest BCUT2D eigenvalue weighted by Gasteiger charge is 2.24. The highest BCUT2D eigenvalue weighted by atomic mass is 16.5. The summed E-state index contributed by atoms with van der Waals surface area (Å²) in [6.45, 7) is 10.5. The predicted octanol–water partition coefficient (Wildman–Crippen LogP) is 1.88. The van der Waals surface area contributed by atoms with E-state index in [-0.39, 0.29) is 0 Å². The zero-order chi connectivity index (χ0) is 12.1. The predicted molar refractivity (Wildman–Crippen MR) is 71.3 cm³/mol. The average molecular weight is 240 g/mol. The lowest BCUT2D eigenvalue weighted by molar-refractivity contribution is -0.0244. The average Bonchev–Trinajstić information content (AvgIpc) is 2.82. The number of nitrogens with one attached hydrogen (secondary N) is 1. The van der Waals surface area contributed by atoms with Gasteiger partial charge >= 0.3 is 0 Å². The molecule has 2 aliphatic rings. The minimum Gasteiger partial charge on any atom is -0.378 e. The highest BCUT2D eigenvalue weighted by molar-refractivity contribution is 4.79. The minimum absolute atomic E-state index is 0.466. The summed E-state index contributed by atoms with van der Waals surface area (Å²) in [5.74, 6) is 0.651. The molecule has 0 bridgehead atoms. The quantitative estimate of drug-likeness (QED) is 0.794. The van der Waals surface area contributed by atoms with Gasteiger partial charge in [-0.15, -0.1) is 0 Å². The maximum absolute atomic E-state index is 5.80. The lowest BCUT2D eigenvalue weighted by atomic mass is 9.95. The second-order valence-corrected chi connectivity index (χ2v) is 5.88. The Balaban J connectivity index is 1.61. The van der Waals surface area contributed by atoms with Gasteiger partial charge in [-0.3, -0.25) is 0 Å². The van der Waals surface area contributed by atoms with Gasteiger partial charge < -0.3 is 15.0 Å². The third kappa shape index (κ3) is 4.23. The first-order valence-corrected chi connectivity index (χ1v) is 7.33. The van der Waals surface area contributed by atoms with Gasteiger partial charge in [-0.05, 0) is 44.7 Å². The first-order chi connectivity index (χ1) is 8.25. The second-order valence-electron chi connectivity index (χ2n) is 5.88. The first-order valence-electron chi connectivity index (χ1n) is 7.33. The molecule has 100 valence electrons. The Kier molecular flexibility index (Phi) is 5.26. The molecule has 3 nitrogen and oxygen atoms in total. The monoisotopic (exact) mass is 240 g/mol. The molecule has 0 aromatic rings. The standard InChI is InChI=1S/C14H28N2O/c1-12(2)14-11-13(5-10-17-14)15-6-9-16-7-3-4-8-16/h12-15H,3-11H2,1-2H3. The zero-order valence-corrected chi connectivity index (χ0v) is 11.5.